The van der Waals surface area contributed by atoms with E-state index >= 15 is 0 Å². The summed E-state index contributed by atoms with van der Waals surface area (Å²) in [5.41, 5.74) is 5.13. The molecular formula is C23H27N3O2. The van der Waals surface area contributed by atoms with Crippen molar-refractivity contribution >= 4 is 17.6 Å². The number of carbonyl (C=O) groups is 2. The van der Waals surface area contributed by atoms with Crippen LogP contribution in [0.15, 0.2) is 42.5 Å². The summed E-state index contributed by atoms with van der Waals surface area (Å²) in [6.45, 7) is 6.93. The topological polar surface area (TPSA) is 52.7 Å². The summed E-state index contributed by atoms with van der Waals surface area (Å²) in [6, 6.07) is 14.1. The minimum absolute atomic E-state index is 0.0548. The summed E-state index contributed by atoms with van der Waals surface area (Å²) in [4.78, 5) is 29.0. The molecule has 2 aromatic rings. The van der Waals surface area contributed by atoms with E-state index in [-0.39, 0.29) is 11.9 Å². The second-order valence-corrected chi connectivity index (χ2v) is 7.83. The third-order valence-electron chi connectivity index (χ3n) is 5.94. The van der Waals surface area contributed by atoms with Gasteiger partial charge in [-0.15, -0.1) is 0 Å². The van der Waals surface area contributed by atoms with Gasteiger partial charge in [0.2, 0.25) is 0 Å². The third kappa shape index (κ3) is 3.49. The van der Waals surface area contributed by atoms with Gasteiger partial charge in [0.1, 0.15) is 0 Å². The maximum Gasteiger partial charge on any atom is 0.322 e. The summed E-state index contributed by atoms with van der Waals surface area (Å²) in [5, 5.41) is 2.83. The van der Waals surface area contributed by atoms with Crippen molar-refractivity contribution in [2.75, 3.05) is 31.1 Å². The van der Waals surface area contributed by atoms with E-state index in [0.717, 1.165) is 37.2 Å². The minimum Gasteiger partial charge on any atom is -0.338 e. The molecule has 0 saturated carbocycles. The number of hydrogen-bond acceptors (Lipinski definition) is 2. The molecule has 2 aliphatic heterocycles. The van der Waals surface area contributed by atoms with E-state index in [1.165, 1.54) is 11.1 Å². The highest BCUT2D eigenvalue weighted by atomic mass is 16.2. The van der Waals surface area contributed by atoms with Crippen LogP contribution in [-0.4, -0.2) is 43.0 Å². The third-order valence-corrected chi connectivity index (χ3v) is 5.94. The number of anilines is 1. The predicted molar refractivity (Wildman–Crippen MR) is 111 cm³/mol. The zero-order valence-corrected chi connectivity index (χ0v) is 16.6. The van der Waals surface area contributed by atoms with Gasteiger partial charge in [-0.3, -0.25) is 9.69 Å². The van der Waals surface area contributed by atoms with Crippen molar-refractivity contribution in [1.29, 1.82) is 0 Å². The highest BCUT2D eigenvalue weighted by molar-refractivity contribution is 5.99. The summed E-state index contributed by atoms with van der Waals surface area (Å²) in [6.07, 6.45) is 2.12. The zero-order chi connectivity index (χ0) is 19.7. The Labute approximate surface area is 166 Å². The Hall–Kier alpha value is -2.82. The van der Waals surface area contributed by atoms with Crippen molar-refractivity contribution in [2.24, 2.45) is 0 Å². The zero-order valence-electron chi connectivity index (χ0n) is 16.6. The van der Waals surface area contributed by atoms with Gasteiger partial charge in [-0.05, 0) is 55.5 Å². The summed E-state index contributed by atoms with van der Waals surface area (Å²) in [5.74, 6) is 0.437. The van der Waals surface area contributed by atoms with Crippen molar-refractivity contribution in [2.45, 2.75) is 32.6 Å². The standard InChI is InChI=1S/C23H27N3O2/c1-16-6-3-4-8-20(16)19-7-5-12-25(15-19)22(27)18-10-9-17(2)21(14-18)26-13-11-24-23(26)28/h3-4,6,8-10,14,19H,5,7,11-13,15H2,1-2H3,(H,24,28)/t19-/m1/s1. The van der Waals surface area contributed by atoms with Crippen LogP contribution in [0.4, 0.5) is 10.5 Å². The Bertz CT molecular complexity index is 908. The molecule has 0 aliphatic carbocycles. The van der Waals surface area contributed by atoms with E-state index in [4.69, 9.17) is 0 Å². The van der Waals surface area contributed by atoms with Crippen LogP contribution in [-0.2, 0) is 0 Å². The lowest BCUT2D eigenvalue weighted by atomic mass is 9.87. The van der Waals surface area contributed by atoms with E-state index in [9.17, 15) is 9.59 Å². The van der Waals surface area contributed by atoms with Gasteiger partial charge < -0.3 is 10.2 Å². The normalized spacial score (nSPS) is 19.6. The Morgan fingerprint density at radius 2 is 1.89 bits per heavy atom. The van der Waals surface area contributed by atoms with Gasteiger partial charge in [-0.25, -0.2) is 4.79 Å². The van der Waals surface area contributed by atoms with Crippen molar-refractivity contribution in [3.8, 4) is 0 Å². The molecular weight excluding hydrogens is 350 g/mol. The largest absolute Gasteiger partial charge is 0.338 e. The first-order valence-corrected chi connectivity index (χ1v) is 10.1. The summed E-state index contributed by atoms with van der Waals surface area (Å²) in [7, 11) is 0. The van der Waals surface area contributed by atoms with Gasteiger partial charge in [0.15, 0.2) is 0 Å². The van der Waals surface area contributed by atoms with Gasteiger partial charge in [-0.1, -0.05) is 30.3 Å². The van der Waals surface area contributed by atoms with E-state index in [1.807, 2.05) is 30.0 Å². The maximum atomic E-state index is 13.2. The molecule has 1 atom stereocenters. The molecule has 2 fully saturated rings. The molecule has 0 bridgehead atoms. The number of nitrogens with zero attached hydrogens (tertiary/aromatic N) is 2. The summed E-state index contributed by atoms with van der Waals surface area (Å²) < 4.78 is 0. The number of aryl methyl sites for hydroxylation is 2. The lowest BCUT2D eigenvalue weighted by Gasteiger charge is -2.34. The lowest BCUT2D eigenvalue weighted by Crippen LogP contribution is -2.39. The molecule has 4 rings (SSSR count). The number of amides is 3. The second kappa shape index (κ2) is 7.66. The first-order valence-electron chi connectivity index (χ1n) is 10.1. The molecule has 0 aromatic heterocycles. The summed E-state index contributed by atoms with van der Waals surface area (Å²) >= 11 is 0. The number of piperidine rings is 1. The van der Waals surface area contributed by atoms with Gasteiger partial charge in [0.25, 0.3) is 5.91 Å². The van der Waals surface area contributed by atoms with Gasteiger partial charge >= 0.3 is 6.03 Å². The average molecular weight is 377 g/mol. The number of likely N-dealkylation sites (tertiary alicyclic amines) is 1. The molecule has 0 unspecified atom stereocenters. The van der Waals surface area contributed by atoms with E-state index < -0.39 is 0 Å². The monoisotopic (exact) mass is 377 g/mol. The molecule has 2 heterocycles. The van der Waals surface area contributed by atoms with Crippen molar-refractivity contribution in [1.82, 2.24) is 10.2 Å². The molecule has 0 radical (unpaired) electrons. The fraction of sp³-hybridized carbons (Fsp3) is 0.391. The van der Waals surface area contributed by atoms with Crippen LogP contribution in [0.2, 0.25) is 0 Å². The number of carbonyl (C=O) groups excluding carboxylic acids is 2. The first kappa shape index (κ1) is 18.5. The van der Waals surface area contributed by atoms with Crippen LogP contribution < -0.4 is 10.2 Å². The number of rotatable bonds is 3. The number of nitrogens with one attached hydrogen (secondary N) is 1. The first-order chi connectivity index (χ1) is 13.5. The number of hydrogen-bond donors (Lipinski definition) is 1. The SMILES string of the molecule is Cc1ccccc1[C@@H]1CCCN(C(=O)c2ccc(C)c(N3CCNC3=O)c2)C1. The fourth-order valence-electron chi connectivity index (χ4n) is 4.38. The number of urea groups is 1. The predicted octanol–water partition coefficient (Wildman–Crippen LogP) is 3.85. The molecule has 5 heteroatoms. The van der Waals surface area contributed by atoms with E-state index in [2.05, 4.69) is 36.5 Å². The molecule has 2 saturated heterocycles. The Kier molecular flexibility index (Phi) is 5.07. The van der Waals surface area contributed by atoms with Crippen LogP contribution in [0.5, 0.6) is 0 Å². The van der Waals surface area contributed by atoms with Crippen molar-refractivity contribution in [3.63, 3.8) is 0 Å². The molecule has 3 amide bonds. The minimum atomic E-state index is -0.0923. The quantitative estimate of drug-likeness (QED) is 0.883. The van der Waals surface area contributed by atoms with Gasteiger partial charge in [-0.2, -0.15) is 0 Å². The van der Waals surface area contributed by atoms with Crippen molar-refractivity contribution < 1.29 is 9.59 Å². The highest BCUT2D eigenvalue weighted by Gasteiger charge is 2.28. The van der Waals surface area contributed by atoms with E-state index in [1.54, 1.807) is 4.90 Å². The Morgan fingerprint density at radius 3 is 2.64 bits per heavy atom. The van der Waals surface area contributed by atoms with Crippen LogP contribution >= 0.6 is 0 Å². The molecule has 1 N–H and O–H groups in total. The van der Waals surface area contributed by atoms with Crippen molar-refractivity contribution in [3.05, 3.63) is 64.7 Å². The smallest absolute Gasteiger partial charge is 0.322 e. The molecule has 146 valence electrons. The van der Waals surface area contributed by atoms with Crippen LogP contribution in [0.1, 0.15) is 45.8 Å². The second-order valence-electron chi connectivity index (χ2n) is 7.83. The lowest BCUT2D eigenvalue weighted by molar-refractivity contribution is 0.0707. The van der Waals surface area contributed by atoms with Gasteiger partial charge in [0.05, 0.1) is 0 Å². The molecule has 28 heavy (non-hydrogen) atoms. The van der Waals surface area contributed by atoms with Crippen LogP contribution in [0, 0.1) is 13.8 Å². The molecule has 2 aromatic carbocycles. The molecule has 0 spiro atoms. The Morgan fingerprint density at radius 1 is 1.07 bits per heavy atom. The highest BCUT2D eigenvalue weighted by Crippen LogP contribution is 2.30. The van der Waals surface area contributed by atoms with E-state index in [0.29, 0.717) is 24.6 Å². The van der Waals surface area contributed by atoms with Gasteiger partial charge in [0, 0.05) is 43.3 Å². The molecule has 5 nitrogen and oxygen atoms in total. The average Bonchev–Trinajstić information content (AvgIpc) is 3.14. The molecule has 2 aliphatic rings. The Balaban J connectivity index is 1.56. The van der Waals surface area contributed by atoms with Crippen LogP contribution in [0.3, 0.4) is 0 Å². The fourth-order valence-corrected chi connectivity index (χ4v) is 4.38. The number of benzene rings is 2. The maximum absolute atomic E-state index is 13.2. The van der Waals surface area contributed by atoms with Crippen LogP contribution in [0.25, 0.3) is 0 Å².